The highest BCUT2D eigenvalue weighted by Crippen LogP contribution is 2.34. The average Bonchev–Trinajstić information content (AvgIpc) is 2.75. The molecule has 1 unspecified atom stereocenters. The van der Waals surface area contributed by atoms with E-state index in [1.165, 1.54) is 4.90 Å². The van der Waals surface area contributed by atoms with E-state index in [4.69, 9.17) is 4.74 Å². The summed E-state index contributed by atoms with van der Waals surface area (Å²) in [6.07, 6.45) is 0. The number of benzene rings is 1. The number of rotatable bonds is 2. The maximum absolute atomic E-state index is 12.5. The first-order valence-corrected chi connectivity index (χ1v) is 7.48. The summed E-state index contributed by atoms with van der Waals surface area (Å²) in [5, 5.41) is -0.607. The molecule has 6 heteroatoms. The minimum atomic E-state index is -0.410. The zero-order valence-electron chi connectivity index (χ0n) is 11.2. The van der Waals surface area contributed by atoms with E-state index in [0.717, 1.165) is 17.3 Å². The highest BCUT2D eigenvalue weighted by atomic mass is 32.2. The molecular weight excluding hydrogens is 276 g/mol. The molecule has 2 fully saturated rings. The third-order valence-electron chi connectivity index (χ3n) is 3.46. The molecule has 5 nitrogen and oxygen atoms in total. The minimum absolute atomic E-state index is 0.146. The topological polar surface area (TPSA) is 49.9 Å². The summed E-state index contributed by atoms with van der Waals surface area (Å²) in [7, 11) is 0. The van der Waals surface area contributed by atoms with Crippen molar-refractivity contribution < 1.29 is 14.3 Å². The Hall–Kier alpha value is -1.37. The Bertz CT molecular complexity index is 543. The zero-order valence-corrected chi connectivity index (χ0v) is 12.1. The predicted octanol–water partition coefficient (Wildman–Crippen LogP) is 1.85. The Morgan fingerprint density at radius 3 is 2.70 bits per heavy atom. The molecule has 0 bridgehead atoms. The molecule has 106 valence electrons. The standard InChI is InChI=1S/C14H16N2O3S/c1-10-3-2-4-11(9-10)16-12(17)13(20-14(16)18)15-5-7-19-8-6-15/h2-4,9,13H,5-8H2,1H3. The van der Waals surface area contributed by atoms with E-state index >= 15 is 0 Å². The number of hydrogen-bond acceptors (Lipinski definition) is 5. The highest BCUT2D eigenvalue weighted by molar-refractivity contribution is 8.15. The van der Waals surface area contributed by atoms with E-state index < -0.39 is 5.37 Å². The lowest BCUT2D eigenvalue weighted by Crippen LogP contribution is -2.46. The van der Waals surface area contributed by atoms with Gasteiger partial charge in [0.25, 0.3) is 11.1 Å². The smallest absolute Gasteiger partial charge is 0.295 e. The Kier molecular flexibility index (Phi) is 3.78. The number of anilines is 1. The van der Waals surface area contributed by atoms with Crippen LogP contribution in [-0.4, -0.2) is 47.7 Å². The first-order valence-electron chi connectivity index (χ1n) is 6.60. The van der Waals surface area contributed by atoms with Crippen LogP contribution >= 0.6 is 11.8 Å². The van der Waals surface area contributed by atoms with Gasteiger partial charge in [0.15, 0.2) is 0 Å². The van der Waals surface area contributed by atoms with Gasteiger partial charge >= 0.3 is 0 Å². The Morgan fingerprint density at radius 1 is 1.25 bits per heavy atom. The fourth-order valence-corrected chi connectivity index (χ4v) is 3.50. The van der Waals surface area contributed by atoms with Crippen LogP contribution in [0.1, 0.15) is 5.56 Å². The molecule has 0 radical (unpaired) electrons. The van der Waals surface area contributed by atoms with E-state index in [2.05, 4.69) is 0 Å². The normalized spacial score (nSPS) is 24.4. The predicted molar refractivity (Wildman–Crippen MR) is 77.8 cm³/mol. The first kappa shape index (κ1) is 13.6. The van der Waals surface area contributed by atoms with Gasteiger partial charge in [-0.15, -0.1) is 0 Å². The fraction of sp³-hybridized carbons (Fsp3) is 0.429. The number of morpholine rings is 1. The highest BCUT2D eigenvalue weighted by Gasteiger charge is 2.44. The van der Waals surface area contributed by atoms with Crippen LogP contribution in [0.2, 0.25) is 0 Å². The lowest BCUT2D eigenvalue weighted by atomic mass is 10.2. The SMILES string of the molecule is Cc1cccc(N2C(=O)SC(N3CCOCC3)C2=O)c1. The van der Waals surface area contributed by atoms with Crippen LogP contribution in [0.4, 0.5) is 10.5 Å². The van der Waals surface area contributed by atoms with Gasteiger partial charge in [-0.05, 0) is 36.4 Å². The van der Waals surface area contributed by atoms with Gasteiger partial charge in [-0.25, -0.2) is 4.90 Å². The van der Waals surface area contributed by atoms with E-state index in [1.54, 1.807) is 6.07 Å². The second kappa shape index (κ2) is 5.55. The van der Waals surface area contributed by atoms with Crippen molar-refractivity contribution in [1.82, 2.24) is 4.90 Å². The summed E-state index contributed by atoms with van der Waals surface area (Å²) in [4.78, 5) is 28.0. The van der Waals surface area contributed by atoms with E-state index in [9.17, 15) is 9.59 Å². The Labute approximate surface area is 121 Å². The molecule has 0 aliphatic carbocycles. The Balaban J connectivity index is 1.83. The van der Waals surface area contributed by atoms with Crippen molar-refractivity contribution in [2.24, 2.45) is 0 Å². The van der Waals surface area contributed by atoms with Crippen molar-refractivity contribution in [2.75, 3.05) is 31.2 Å². The maximum atomic E-state index is 12.5. The van der Waals surface area contributed by atoms with Crippen LogP contribution < -0.4 is 4.90 Å². The van der Waals surface area contributed by atoms with Gasteiger partial charge in [-0.1, -0.05) is 12.1 Å². The van der Waals surface area contributed by atoms with Crippen LogP contribution in [0.15, 0.2) is 24.3 Å². The second-order valence-corrected chi connectivity index (χ2v) is 5.93. The fourth-order valence-electron chi connectivity index (χ4n) is 2.44. The Morgan fingerprint density at radius 2 is 2.00 bits per heavy atom. The van der Waals surface area contributed by atoms with Crippen LogP contribution in [0.25, 0.3) is 0 Å². The molecular formula is C14H16N2O3S. The van der Waals surface area contributed by atoms with Crippen molar-refractivity contribution in [3.63, 3.8) is 0 Å². The van der Waals surface area contributed by atoms with Gasteiger partial charge in [0.05, 0.1) is 18.9 Å². The van der Waals surface area contributed by atoms with E-state index in [0.29, 0.717) is 32.0 Å². The number of amides is 2. The molecule has 2 aliphatic rings. The first-order chi connectivity index (χ1) is 9.66. The van der Waals surface area contributed by atoms with Crippen molar-refractivity contribution in [3.8, 4) is 0 Å². The number of carbonyl (C=O) groups is 2. The quantitative estimate of drug-likeness (QED) is 0.832. The van der Waals surface area contributed by atoms with E-state index in [-0.39, 0.29) is 11.1 Å². The van der Waals surface area contributed by atoms with Gasteiger partial charge in [-0.3, -0.25) is 14.5 Å². The molecule has 0 saturated carbocycles. The summed E-state index contributed by atoms with van der Waals surface area (Å²) in [6.45, 7) is 4.56. The third kappa shape index (κ3) is 2.46. The van der Waals surface area contributed by atoms with Crippen molar-refractivity contribution in [1.29, 1.82) is 0 Å². The molecule has 2 heterocycles. The van der Waals surface area contributed by atoms with Crippen LogP contribution in [0.5, 0.6) is 0 Å². The number of hydrogen-bond donors (Lipinski definition) is 0. The zero-order chi connectivity index (χ0) is 14.1. The summed E-state index contributed by atoms with van der Waals surface area (Å²) in [6, 6.07) is 7.46. The van der Waals surface area contributed by atoms with Crippen LogP contribution in [-0.2, 0) is 9.53 Å². The largest absolute Gasteiger partial charge is 0.379 e. The second-order valence-electron chi connectivity index (χ2n) is 4.90. The molecule has 0 N–H and O–H groups in total. The minimum Gasteiger partial charge on any atom is -0.379 e. The number of ether oxygens (including phenoxy) is 1. The monoisotopic (exact) mass is 292 g/mol. The molecule has 2 amide bonds. The molecule has 3 rings (SSSR count). The maximum Gasteiger partial charge on any atom is 0.295 e. The summed E-state index contributed by atoms with van der Waals surface area (Å²) in [5.41, 5.74) is 1.69. The number of nitrogens with zero attached hydrogens (tertiary/aromatic N) is 2. The number of carbonyl (C=O) groups excluding carboxylic acids is 2. The van der Waals surface area contributed by atoms with Gasteiger partial charge in [-0.2, -0.15) is 0 Å². The molecule has 0 aromatic heterocycles. The van der Waals surface area contributed by atoms with Gasteiger partial charge in [0, 0.05) is 13.1 Å². The van der Waals surface area contributed by atoms with Gasteiger partial charge in [0.1, 0.15) is 5.37 Å². The van der Waals surface area contributed by atoms with Crippen molar-refractivity contribution >= 4 is 28.6 Å². The van der Waals surface area contributed by atoms with Crippen LogP contribution in [0, 0.1) is 6.92 Å². The van der Waals surface area contributed by atoms with Crippen molar-refractivity contribution in [2.45, 2.75) is 12.3 Å². The van der Waals surface area contributed by atoms with E-state index in [1.807, 2.05) is 30.0 Å². The number of thioether (sulfide) groups is 1. The van der Waals surface area contributed by atoms with Gasteiger partial charge in [0.2, 0.25) is 0 Å². The third-order valence-corrected chi connectivity index (χ3v) is 4.57. The summed E-state index contributed by atoms with van der Waals surface area (Å²) < 4.78 is 5.29. The molecule has 2 saturated heterocycles. The average molecular weight is 292 g/mol. The summed E-state index contributed by atoms with van der Waals surface area (Å²) in [5.74, 6) is -0.146. The lowest BCUT2D eigenvalue weighted by Gasteiger charge is -2.29. The van der Waals surface area contributed by atoms with Crippen LogP contribution in [0.3, 0.4) is 0 Å². The molecule has 20 heavy (non-hydrogen) atoms. The van der Waals surface area contributed by atoms with Crippen molar-refractivity contribution in [3.05, 3.63) is 29.8 Å². The van der Waals surface area contributed by atoms with Gasteiger partial charge < -0.3 is 4.74 Å². The molecule has 0 spiro atoms. The lowest BCUT2D eigenvalue weighted by molar-refractivity contribution is -0.120. The summed E-state index contributed by atoms with van der Waals surface area (Å²) >= 11 is 1.10. The molecule has 2 aliphatic heterocycles. The molecule has 1 atom stereocenters. The number of aryl methyl sites for hydroxylation is 1. The molecule has 1 aromatic rings. The molecule has 1 aromatic carbocycles. The number of imide groups is 1.